The number of amides is 1. The summed E-state index contributed by atoms with van der Waals surface area (Å²) in [5.41, 5.74) is 5.76. The van der Waals surface area contributed by atoms with Gasteiger partial charge in [0.15, 0.2) is 0 Å². The molecule has 100 valence electrons. The van der Waals surface area contributed by atoms with Crippen molar-refractivity contribution in [1.29, 1.82) is 0 Å². The summed E-state index contributed by atoms with van der Waals surface area (Å²) in [6.07, 6.45) is 4.00. The first kappa shape index (κ1) is 14.5. The van der Waals surface area contributed by atoms with E-state index in [9.17, 15) is 4.79 Å². The molecule has 3 nitrogen and oxygen atoms in total. The van der Waals surface area contributed by atoms with Crippen LogP contribution in [0.4, 0.5) is 0 Å². The van der Waals surface area contributed by atoms with Gasteiger partial charge in [-0.3, -0.25) is 4.79 Å². The second-order valence-electron chi connectivity index (χ2n) is 6.10. The molecule has 2 unspecified atom stereocenters. The monoisotopic (exact) mass is 240 g/mol. The zero-order valence-corrected chi connectivity index (χ0v) is 11.8. The summed E-state index contributed by atoms with van der Waals surface area (Å²) >= 11 is 0. The van der Waals surface area contributed by atoms with Gasteiger partial charge >= 0.3 is 0 Å². The maximum absolute atomic E-state index is 12.5. The van der Waals surface area contributed by atoms with Crippen LogP contribution in [0, 0.1) is 11.8 Å². The molecule has 0 aliphatic heterocycles. The summed E-state index contributed by atoms with van der Waals surface area (Å²) in [7, 11) is 0. The van der Waals surface area contributed by atoms with E-state index in [2.05, 4.69) is 20.8 Å². The van der Waals surface area contributed by atoms with Crippen molar-refractivity contribution in [2.45, 2.75) is 58.9 Å². The van der Waals surface area contributed by atoms with Crippen molar-refractivity contribution in [1.82, 2.24) is 4.90 Å². The minimum Gasteiger partial charge on any atom is -0.341 e. The van der Waals surface area contributed by atoms with E-state index in [0.29, 0.717) is 11.8 Å². The molecule has 3 heteroatoms. The molecule has 1 fully saturated rings. The van der Waals surface area contributed by atoms with Gasteiger partial charge < -0.3 is 10.6 Å². The fourth-order valence-corrected chi connectivity index (χ4v) is 2.90. The van der Waals surface area contributed by atoms with Gasteiger partial charge in [0.1, 0.15) is 0 Å². The largest absolute Gasteiger partial charge is 0.341 e. The Hall–Kier alpha value is -0.570. The summed E-state index contributed by atoms with van der Waals surface area (Å²) in [6.45, 7) is 10.1. The van der Waals surface area contributed by atoms with E-state index < -0.39 is 5.54 Å². The molecule has 2 atom stereocenters. The zero-order valence-electron chi connectivity index (χ0n) is 11.8. The number of nitrogens with zero attached hydrogens (tertiary/aromatic N) is 1. The van der Waals surface area contributed by atoms with Crippen molar-refractivity contribution in [3.8, 4) is 0 Å². The summed E-state index contributed by atoms with van der Waals surface area (Å²) < 4.78 is 0. The maximum atomic E-state index is 12.5. The first-order chi connectivity index (χ1) is 7.89. The van der Waals surface area contributed by atoms with E-state index in [4.69, 9.17) is 5.73 Å². The lowest BCUT2D eigenvalue weighted by Gasteiger charge is -2.39. The Kier molecular flexibility index (Phi) is 4.99. The summed E-state index contributed by atoms with van der Waals surface area (Å²) in [4.78, 5) is 14.5. The van der Waals surface area contributed by atoms with Crippen LogP contribution in [-0.2, 0) is 4.79 Å². The Bertz CT molecular complexity index is 265. The number of carbonyl (C=O) groups excluding carboxylic acids is 1. The molecule has 0 heterocycles. The summed E-state index contributed by atoms with van der Waals surface area (Å²) in [5.74, 6) is 1.25. The van der Waals surface area contributed by atoms with Crippen molar-refractivity contribution in [3.63, 3.8) is 0 Å². The van der Waals surface area contributed by atoms with Crippen LogP contribution in [-0.4, -0.2) is 29.4 Å². The normalized spacial score (nSPS) is 29.4. The standard InChI is InChI=1S/C14H28N2O/c1-5-16(10-11(2)3)13(17)14(15)8-6-7-12(4)9-14/h11-12H,5-10,15H2,1-4H3. The van der Waals surface area contributed by atoms with Gasteiger partial charge in [0.25, 0.3) is 0 Å². The lowest BCUT2D eigenvalue weighted by atomic mass is 9.76. The summed E-state index contributed by atoms with van der Waals surface area (Å²) in [6, 6.07) is 0. The van der Waals surface area contributed by atoms with Gasteiger partial charge in [0, 0.05) is 13.1 Å². The zero-order chi connectivity index (χ0) is 13.1. The van der Waals surface area contributed by atoms with Crippen LogP contribution in [0.3, 0.4) is 0 Å². The second kappa shape index (κ2) is 5.85. The fourth-order valence-electron chi connectivity index (χ4n) is 2.90. The van der Waals surface area contributed by atoms with Crippen molar-refractivity contribution >= 4 is 5.91 Å². The van der Waals surface area contributed by atoms with Crippen LogP contribution in [0.1, 0.15) is 53.4 Å². The fraction of sp³-hybridized carbons (Fsp3) is 0.929. The lowest BCUT2D eigenvalue weighted by Crippen LogP contribution is -2.57. The predicted octanol–water partition coefficient (Wildman–Crippen LogP) is 2.40. The Balaban J connectivity index is 2.71. The van der Waals surface area contributed by atoms with Crippen molar-refractivity contribution in [3.05, 3.63) is 0 Å². The van der Waals surface area contributed by atoms with E-state index in [-0.39, 0.29) is 5.91 Å². The van der Waals surface area contributed by atoms with Crippen LogP contribution in [0.15, 0.2) is 0 Å². The molecule has 0 radical (unpaired) electrons. The minimum atomic E-state index is -0.595. The topological polar surface area (TPSA) is 46.3 Å². The van der Waals surface area contributed by atoms with Crippen molar-refractivity contribution in [2.24, 2.45) is 17.6 Å². The number of carbonyl (C=O) groups is 1. The SMILES string of the molecule is CCN(CC(C)C)C(=O)C1(N)CCCC(C)C1. The highest BCUT2D eigenvalue weighted by Gasteiger charge is 2.40. The first-order valence-electron chi connectivity index (χ1n) is 6.97. The van der Waals surface area contributed by atoms with Gasteiger partial charge in [0.05, 0.1) is 5.54 Å². The van der Waals surface area contributed by atoms with Crippen LogP contribution < -0.4 is 5.73 Å². The molecular weight excluding hydrogens is 212 g/mol. The molecule has 1 saturated carbocycles. The molecular formula is C14H28N2O. The van der Waals surface area contributed by atoms with Gasteiger partial charge in [0.2, 0.25) is 5.91 Å². The quantitative estimate of drug-likeness (QED) is 0.820. The Labute approximate surface area is 106 Å². The molecule has 17 heavy (non-hydrogen) atoms. The van der Waals surface area contributed by atoms with Gasteiger partial charge in [-0.25, -0.2) is 0 Å². The van der Waals surface area contributed by atoms with Crippen LogP contribution >= 0.6 is 0 Å². The number of hydrogen-bond donors (Lipinski definition) is 1. The highest BCUT2D eigenvalue weighted by molar-refractivity contribution is 5.86. The molecule has 2 N–H and O–H groups in total. The third-order valence-corrected chi connectivity index (χ3v) is 3.71. The van der Waals surface area contributed by atoms with Crippen LogP contribution in [0.25, 0.3) is 0 Å². The third kappa shape index (κ3) is 3.70. The van der Waals surface area contributed by atoms with E-state index in [1.165, 1.54) is 6.42 Å². The van der Waals surface area contributed by atoms with E-state index >= 15 is 0 Å². The summed E-state index contributed by atoms with van der Waals surface area (Å²) in [5, 5.41) is 0. The Morgan fingerprint density at radius 1 is 1.53 bits per heavy atom. The second-order valence-corrected chi connectivity index (χ2v) is 6.10. The Morgan fingerprint density at radius 2 is 2.18 bits per heavy atom. The molecule has 1 rings (SSSR count). The highest BCUT2D eigenvalue weighted by Crippen LogP contribution is 2.31. The molecule has 0 aromatic carbocycles. The maximum Gasteiger partial charge on any atom is 0.242 e. The molecule has 1 amide bonds. The van der Waals surface area contributed by atoms with Crippen LogP contribution in [0.5, 0.6) is 0 Å². The van der Waals surface area contributed by atoms with Crippen LogP contribution in [0.2, 0.25) is 0 Å². The minimum absolute atomic E-state index is 0.167. The first-order valence-corrected chi connectivity index (χ1v) is 6.97. The molecule has 0 aromatic rings. The van der Waals surface area contributed by atoms with Gasteiger partial charge in [-0.15, -0.1) is 0 Å². The Morgan fingerprint density at radius 3 is 2.65 bits per heavy atom. The lowest BCUT2D eigenvalue weighted by molar-refractivity contribution is -0.139. The number of likely N-dealkylation sites (N-methyl/N-ethyl adjacent to an activating group) is 1. The number of rotatable bonds is 4. The molecule has 1 aliphatic rings. The van der Waals surface area contributed by atoms with E-state index in [1.54, 1.807) is 0 Å². The van der Waals surface area contributed by atoms with E-state index in [1.807, 2.05) is 11.8 Å². The van der Waals surface area contributed by atoms with Gasteiger partial charge in [-0.05, 0) is 31.6 Å². The van der Waals surface area contributed by atoms with Gasteiger partial charge in [-0.2, -0.15) is 0 Å². The van der Waals surface area contributed by atoms with Crippen molar-refractivity contribution < 1.29 is 4.79 Å². The third-order valence-electron chi connectivity index (χ3n) is 3.71. The predicted molar refractivity (Wildman–Crippen MR) is 71.6 cm³/mol. The van der Waals surface area contributed by atoms with Gasteiger partial charge in [-0.1, -0.05) is 33.6 Å². The average Bonchev–Trinajstić information content (AvgIpc) is 2.24. The smallest absolute Gasteiger partial charge is 0.242 e. The molecule has 0 aromatic heterocycles. The molecule has 0 bridgehead atoms. The molecule has 0 saturated heterocycles. The average molecular weight is 240 g/mol. The highest BCUT2D eigenvalue weighted by atomic mass is 16.2. The number of hydrogen-bond acceptors (Lipinski definition) is 2. The molecule has 1 aliphatic carbocycles. The van der Waals surface area contributed by atoms with Crippen molar-refractivity contribution in [2.75, 3.05) is 13.1 Å². The molecule has 0 spiro atoms. The van der Waals surface area contributed by atoms with E-state index in [0.717, 1.165) is 32.4 Å². The number of nitrogens with two attached hydrogens (primary N) is 1.